The summed E-state index contributed by atoms with van der Waals surface area (Å²) in [6, 6.07) is 24.7. The standard InChI is InChI=1S/C31H28N6O3/c1-39-26-10-6-5-9-25(26)31(38)33-18-20-11-13-21(14-12-20)28-27-29(32)34-19-35-30(27)37(36-28)22-15-16-24(17-22)40-23-7-3-2-4-8-23/h2-16,19,22,24H,17-18H2,1H3,(H,33,38)(H2,32,34,35)/t22-,24+/m0/s1. The first kappa shape index (κ1) is 25.1. The third kappa shape index (κ3) is 4.96. The predicted octanol–water partition coefficient (Wildman–Crippen LogP) is 4.96. The number of rotatable bonds is 8. The number of nitrogens with two attached hydrogens (primary N) is 1. The van der Waals surface area contributed by atoms with E-state index in [1.54, 1.807) is 19.2 Å². The van der Waals surface area contributed by atoms with Gasteiger partial charge in [-0.05, 0) is 35.9 Å². The highest BCUT2D eigenvalue weighted by atomic mass is 16.5. The lowest BCUT2D eigenvalue weighted by Crippen LogP contribution is -2.23. The first-order valence-corrected chi connectivity index (χ1v) is 13.0. The van der Waals surface area contributed by atoms with Gasteiger partial charge in [0.1, 0.15) is 35.4 Å². The van der Waals surface area contributed by atoms with Crippen LogP contribution >= 0.6 is 0 Å². The van der Waals surface area contributed by atoms with Gasteiger partial charge in [-0.25, -0.2) is 14.6 Å². The maximum absolute atomic E-state index is 12.7. The lowest BCUT2D eigenvalue weighted by atomic mass is 10.1. The maximum atomic E-state index is 12.7. The number of nitrogen functional groups attached to an aromatic ring is 1. The molecule has 0 saturated carbocycles. The zero-order valence-corrected chi connectivity index (χ0v) is 21.9. The van der Waals surface area contributed by atoms with Gasteiger partial charge in [0.25, 0.3) is 5.91 Å². The van der Waals surface area contributed by atoms with Gasteiger partial charge in [-0.3, -0.25) is 4.79 Å². The molecule has 2 heterocycles. The number of amides is 1. The summed E-state index contributed by atoms with van der Waals surface area (Å²) in [5.74, 6) is 1.54. The number of hydrogen-bond acceptors (Lipinski definition) is 7. The van der Waals surface area contributed by atoms with Gasteiger partial charge >= 0.3 is 0 Å². The number of anilines is 1. The average molecular weight is 533 g/mol. The molecule has 0 bridgehead atoms. The van der Waals surface area contributed by atoms with E-state index in [1.165, 1.54) is 6.33 Å². The first-order valence-electron chi connectivity index (χ1n) is 13.0. The molecule has 40 heavy (non-hydrogen) atoms. The van der Waals surface area contributed by atoms with Gasteiger partial charge < -0.3 is 20.5 Å². The van der Waals surface area contributed by atoms with E-state index in [1.807, 2.05) is 71.4 Å². The number of carbonyl (C=O) groups is 1. The molecule has 3 aromatic carbocycles. The molecule has 3 N–H and O–H groups in total. The molecule has 0 spiro atoms. The van der Waals surface area contributed by atoms with E-state index in [2.05, 4.69) is 27.4 Å². The Kier molecular flexibility index (Phi) is 6.84. The Bertz CT molecular complexity index is 1680. The van der Waals surface area contributed by atoms with E-state index in [9.17, 15) is 4.79 Å². The summed E-state index contributed by atoms with van der Waals surface area (Å²) in [5, 5.41) is 8.61. The largest absolute Gasteiger partial charge is 0.496 e. The molecule has 2 atom stereocenters. The molecule has 0 saturated heterocycles. The predicted molar refractivity (Wildman–Crippen MR) is 153 cm³/mol. The van der Waals surface area contributed by atoms with E-state index in [-0.39, 0.29) is 18.1 Å². The number of nitrogens with zero attached hydrogens (tertiary/aromatic N) is 4. The van der Waals surface area contributed by atoms with Crippen molar-refractivity contribution in [3.63, 3.8) is 0 Å². The monoisotopic (exact) mass is 532 g/mol. The zero-order valence-electron chi connectivity index (χ0n) is 21.9. The second-order valence-electron chi connectivity index (χ2n) is 9.49. The average Bonchev–Trinajstić information content (AvgIpc) is 3.62. The van der Waals surface area contributed by atoms with Gasteiger partial charge in [0, 0.05) is 18.5 Å². The Labute approximate surface area is 231 Å². The number of allylic oxidation sites excluding steroid dienone is 1. The molecule has 0 unspecified atom stereocenters. The number of para-hydroxylation sites is 2. The van der Waals surface area contributed by atoms with Crippen molar-refractivity contribution in [2.75, 3.05) is 12.8 Å². The Balaban J connectivity index is 1.21. The third-order valence-corrected chi connectivity index (χ3v) is 6.92. The number of benzene rings is 3. The van der Waals surface area contributed by atoms with Crippen LogP contribution in [0.4, 0.5) is 5.82 Å². The molecule has 2 aromatic heterocycles. The van der Waals surface area contributed by atoms with Crippen LogP contribution in [0.15, 0.2) is 97.3 Å². The van der Waals surface area contributed by atoms with Crippen molar-refractivity contribution >= 4 is 22.8 Å². The molecular weight excluding hydrogens is 504 g/mol. The van der Waals surface area contributed by atoms with Crippen molar-refractivity contribution in [2.45, 2.75) is 25.1 Å². The van der Waals surface area contributed by atoms with Crippen LogP contribution in [0.3, 0.4) is 0 Å². The van der Waals surface area contributed by atoms with Crippen LogP contribution in [0.1, 0.15) is 28.4 Å². The van der Waals surface area contributed by atoms with Crippen molar-refractivity contribution in [2.24, 2.45) is 0 Å². The third-order valence-electron chi connectivity index (χ3n) is 6.92. The fourth-order valence-electron chi connectivity index (χ4n) is 4.91. The minimum atomic E-state index is -0.199. The number of aromatic nitrogens is 4. The number of carbonyl (C=O) groups excluding carboxylic acids is 1. The van der Waals surface area contributed by atoms with Crippen LogP contribution in [0.2, 0.25) is 0 Å². The second kappa shape index (κ2) is 10.9. The van der Waals surface area contributed by atoms with Gasteiger partial charge in [-0.2, -0.15) is 5.10 Å². The Morgan fingerprint density at radius 3 is 2.58 bits per heavy atom. The molecule has 5 aromatic rings. The number of methoxy groups -OCH3 is 1. The zero-order chi connectivity index (χ0) is 27.5. The summed E-state index contributed by atoms with van der Waals surface area (Å²) in [7, 11) is 1.55. The summed E-state index contributed by atoms with van der Waals surface area (Å²) in [6.07, 6.45) is 6.27. The molecule has 6 rings (SSSR count). The van der Waals surface area contributed by atoms with Crippen LogP contribution < -0.4 is 20.5 Å². The summed E-state index contributed by atoms with van der Waals surface area (Å²) in [5.41, 5.74) is 10.0. The van der Waals surface area contributed by atoms with E-state index in [4.69, 9.17) is 20.3 Å². The van der Waals surface area contributed by atoms with Crippen molar-refractivity contribution in [1.82, 2.24) is 25.1 Å². The summed E-state index contributed by atoms with van der Waals surface area (Å²) in [4.78, 5) is 21.4. The van der Waals surface area contributed by atoms with E-state index < -0.39 is 0 Å². The van der Waals surface area contributed by atoms with Gasteiger partial charge in [-0.15, -0.1) is 0 Å². The number of hydrogen-bond donors (Lipinski definition) is 2. The summed E-state index contributed by atoms with van der Waals surface area (Å²) < 4.78 is 13.3. The molecule has 1 amide bonds. The number of fused-ring (bicyclic) bond motifs is 1. The van der Waals surface area contributed by atoms with Crippen molar-refractivity contribution < 1.29 is 14.3 Å². The summed E-state index contributed by atoms with van der Waals surface area (Å²) in [6.45, 7) is 0.368. The Morgan fingerprint density at radius 1 is 1.00 bits per heavy atom. The van der Waals surface area contributed by atoms with Crippen LogP contribution in [0.5, 0.6) is 11.5 Å². The molecule has 0 aliphatic heterocycles. The minimum Gasteiger partial charge on any atom is -0.496 e. The highest BCUT2D eigenvalue weighted by molar-refractivity contribution is 5.98. The van der Waals surface area contributed by atoms with Crippen LogP contribution in [-0.4, -0.2) is 38.9 Å². The smallest absolute Gasteiger partial charge is 0.255 e. The molecule has 9 heteroatoms. The molecule has 1 aliphatic rings. The maximum Gasteiger partial charge on any atom is 0.255 e. The second-order valence-corrected chi connectivity index (χ2v) is 9.49. The van der Waals surface area contributed by atoms with Crippen molar-refractivity contribution in [3.05, 3.63) is 108 Å². The van der Waals surface area contributed by atoms with E-state index >= 15 is 0 Å². The fourth-order valence-corrected chi connectivity index (χ4v) is 4.91. The van der Waals surface area contributed by atoms with E-state index in [0.29, 0.717) is 40.4 Å². The summed E-state index contributed by atoms with van der Waals surface area (Å²) >= 11 is 0. The highest BCUT2D eigenvalue weighted by Gasteiger charge is 2.27. The SMILES string of the molecule is COc1ccccc1C(=O)NCc1ccc(-c2nn([C@H]3C=C[C@@H](Oc4ccccc4)C3)c3ncnc(N)c23)cc1. The highest BCUT2D eigenvalue weighted by Crippen LogP contribution is 2.35. The number of ether oxygens (including phenoxy) is 2. The minimum absolute atomic E-state index is 0.0382. The fraction of sp³-hybridized carbons (Fsp3) is 0.161. The van der Waals surface area contributed by atoms with Crippen molar-refractivity contribution in [1.29, 1.82) is 0 Å². The van der Waals surface area contributed by atoms with Gasteiger partial charge in [0.15, 0.2) is 5.65 Å². The van der Waals surface area contributed by atoms with Crippen LogP contribution in [0.25, 0.3) is 22.3 Å². The van der Waals surface area contributed by atoms with Gasteiger partial charge in [0.05, 0.1) is 24.1 Å². The lowest BCUT2D eigenvalue weighted by Gasteiger charge is -2.15. The molecule has 1 aliphatic carbocycles. The molecule has 0 fully saturated rings. The normalized spacial score (nSPS) is 16.2. The van der Waals surface area contributed by atoms with Crippen molar-refractivity contribution in [3.8, 4) is 22.8 Å². The topological polar surface area (TPSA) is 117 Å². The quantitative estimate of drug-likeness (QED) is 0.271. The molecule has 200 valence electrons. The lowest BCUT2D eigenvalue weighted by molar-refractivity contribution is 0.0948. The first-order chi connectivity index (χ1) is 19.6. The van der Waals surface area contributed by atoms with Crippen LogP contribution in [0, 0.1) is 0 Å². The van der Waals surface area contributed by atoms with Gasteiger partial charge in [-0.1, -0.05) is 60.7 Å². The molecule has 9 nitrogen and oxygen atoms in total. The Hall–Kier alpha value is -5.18. The van der Waals surface area contributed by atoms with Crippen LogP contribution in [-0.2, 0) is 6.54 Å². The number of nitrogens with one attached hydrogen (secondary N) is 1. The molecule has 0 radical (unpaired) electrons. The van der Waals surface area contributed by atoms with Gasteiger partial charge in [0.2, 0.25) is 0 Å². The van der Waals surface area contributed by atoms with E-state index in [0.717, 1.165) is 23.3 Å². The molecular formula is C31H28N6O3. The Morgan fingerprint density at radius 2 is 1.77 bits per heavy atom.